The van der Waals surface area contributed by atoms with Crippen molar-refractivity contribution in [2.24, 2.45) is 0 Å². The van der Waals surface area contributed by atoms with E-state index in [1.807, 2.05) is 6.92 Å². The first-order valence-electron chi connectivity index (χ1n) is 6.53. The van der Waals surface area contributed by atoms with E-state index in [1.54, 1.807) is 0 Å². The van der Waals surface area contributed by atoms with Crippen LogP contribution in [0.15, 0.2) is 18.2 Å². The molecule has 0 fully saturated rings. The first kappa shape index (κ1) is 16.7. The fourth-order valence-electron chi connectivity index (χ4n) is 1.71. The molecule has 0 radical (unpaired) electrons. The molecule has 0 aliphatic carbocycles. The standard InChI is InChI=1S/C15H18O6/c1-4-5-9-21-14(17)11-8-6-7-10(13(16)19-2)12(11)15(18)20-3/h6-8H,4-5,9H2,1-3H3. The second-order valence-electron chi connectivity index (χ2n) is 4.20. The van der Waals surface area contributed by atoms with Gasteiger partial charge in [0.2, 0.25) is 0 Å². The van der Waals surface area contributed by atoms with Crippen molar-refractivity contribution in [1.29, 1.82) is 0 Å². The minimum atomic E-state index is -0.793. The Kier molecular flexibility index (Phi) is 6.39. The zero-order valence-corrected chi connectivity index (χ0v) is 12.3. The molecule has 0 bridgehead atoms. The highest BCUT2D eigenvalue weighted by Gasteiger charge is 2.26. The van der Waals surface area contributed by atoms with Crippen LogP contribution in [0.1, 0.15) is 50.8 Å². The van der Waals surface area contributed by atoms with Crippen LogP contribution in [0.2, 0.25) is 0 Å². The number of ether oxygens (including phenoxy) is 3. The van der Waals surface area contributed by atoms with Crippen molar-refractivity contribution in [2.45, 2.75) is 19.8 Å². The summed E-state index contributed by atoms with van der Waals surface area (Å²) in [5, 5.41) is 0. The third kappa shape index (κ3) is 4.05. The Balaban J connectivity index is 3.21. The van der Waals surface area contributed by atoms with Crippen LogP contribution in [0.25, 0.3) is 0 Å². The molecule has 6 heteroatoms. The van der Waals surface area contributed by atoms with Gasteiger partial charge in [-0.05, 0) is 18.6 Å². The molecular weight excluding hydrogens is 276 g/mol. The van der Waals surface area contributed by atoms with E-state index in [-0.39, 0.29) is 23.3 Å². The van der Waals surface area contributed by atoms with Crippen molar-refractivity contribution < 1.29 is 28.6 Å². The lowest BCUT2D eigenvalue weighted by atomic mass is 10.0. The molecule has 0 unspecified atom stereocenters. The molecular formula is C15H18O6. The molecule has 1 aromatic carbocycles. The van der Waals surface area contributed by atoms with E-state index in [0.29, 0.717) is 0 Å². The summed E-state index contributed by atoms with van der Waals surface area (Å²) in [5.41, 5.74) is -0.191. The number of unbranched alkanes of at least 4 members (excludes halogenated alkanes) is 1. The zero-order chi connectivity index (χ0) is 15.8. The fraction of sp³-hybridized carbons (Fsp3) is 0.400. The number of benzene rings is 1. The van der Waals surface area contributed by atoms with Crippen LogP contribution in [-0.4, -0.2) is 38.7 Å². The van der Waals surface area contributed by atoms with Crippen LogP contribution in [0, 0.1) is 0 Å². The third-order valence-corrected chi connectivity index (χ3v) is 2.81. The van der Waals surface area contributed by atoms with Crippen LogP contribution in [0.3, 0.4) is 0 Å². The average Bonchev–Trinajstić information content (AvgIpc) is 2.52. The van der Waals surface area contributed by atoms with Gasteiger partial charge in [0.05, 0.1) is 37.5 Å². The number of rotatable bonds is 6. The summed E-state index contributed by atoms with van der Waals surface area (Å²) in [7, 11) is 2.36. The lowest BCUT2D eigenvalue weighted by molar-refractivity contribution is 0.0478. The molecule has 0 N–H and O–H groups in total. The summed E-state index contributed by atoms with van der Waals surface area (Å²) in [4.78, 5) is 35.6. The molecule has 0 aliphatic rings. The van der Waals surface area contributed by atoms with E-state index in [1.165, 1.54) is 32.4 Å². The van der Waals surface area contributed by atoms with Crippen molar-refractivity contribution in [3.63, 3.8) is 0 Å². The van der Waals surface area contributed by atoms with Crippen molar-refractivity contribution >= 4 is 17.9 Å². The van der Waals surface area contributed by atoms with Crippen molar-refractivity contribution in [1.82, 2.24) is 0 Å². The molecule has 0 spiro atoms. The molecule has 0 aliphatic heterocycles. The van der Waals surface area contributed by atoms with Gasteiger partial charge in [-0.25, -0.2) is 14.4 Å². The van der Waals surface area contributed by atoms with Gasteiger partial charge >= 0.3 is 17.9 Å². The largest absolute Gasteiger partial charge is 0.465 e. The molecule has 0 amide bonds. The minimum absolute atomic E-state index is 0.0131. The molecule has 21 heavy (non-hydrogen) atoms. The van der Waals surface area contributed by atoms with Gasteiger partial charge in [0, 0.05) is 0 Å². The quantitative estimate of drug-likeness (QED) is 0.455. The molecule has 0 aromatic heterocycles. The molecule has 6 nitrogen and oxygen atoms in total. The Morgan fingerprint density at radius 1 is 0.952 bits per heavy atom. The SMILES string of the molecule is CCCCOC(=O)c1cccc(C(=O)OC)c1C(=O)OC. The maximum absolute atomic E-state index is 12.0. The molecule has 114 valence electrons. The van der Waals surface area contributed by atoms with E-state index in [2.05, 4.69) is 9.47 Å². The van der Waals surface area contributed by atoms with Gasteiger partial charge < -0.3 is 14.2 Å². The fourth-order valence-corrected chi connectivity index (χ4v) is 1.71. The van der Waals surface area contributed by atoms with Crippen LogP contribution in [0.5, 0.6) is 0 Å². The Labute approximate surface area is 123 Å². The smallest absolute Gasteiger partial charge is 0.339 e. The predicted molar refractivity (Wildman–Crippen MR) is 74.3 cm³/mol. The van der Waals surface area contributed by atoms with Crippen LogP contribution in [-0.2, 0) is 14.2 Å². The van der Waals surface area contributed by atoms with Gasteiger partial charge in [0.15, 0.2) is 0 Å². The number of carbonyl (C=O) groups excluding carboxylic acids is 3. The van der Waals surface area contributed by atoms with Crippen LogP contribution in [0.4, 0.5) is 0 Å². The molecule has 1 aromatic rings. The first-order valence-corrected chi connectivity index (χ1v) is 6.53. The molecule has 1 rings (SSSR count). The van der Waals surface area contributed by atoms with Crippen molar-refractivity contribution in [3.05, 3.63) is 34.9 Å². The minimum Gasteiger partial charge on any atom is -0.465 e. The maximum atomic E-state index is 12.0. The van der Waals surface area contributed by atoms with E-state index < -0.39 is 17.9 Å². The number of hydrogen-bond acceptors (Lipinski definition) is 6. The number of esters is 3. The highest BCUT2D eigenvalue weighted by atomic mass is 16.5. The molecule has 0 heterocycles. The van der Waals surface area contributed by atoms with Gasteiger partial charge in [-0.1, -0.05) is 19.4 Å². The van der Waals surface area contributed by atoms with Gasteiger partial charge in [0.25, 0.3) is 0 Å². The van der Waals surface area contributed by atoms with Crippen LogP contribution >= 0.6 is 0 Å². The topological polar surface area (TPSA) is 78.9 Å². The summed E-state index contributed by atoms with van der Waals surface area (Å²) < 4.78 is 14.3. The van der Waals surface area contributed by atoms with Crippen molar-refractivity contribution in [3.8, 4) is 0 Å². The van der Waals surface area contributed by atoms with Gasteiger partial charge in [-0.2, -0.15) is 0 Å². The zero-order valence-electron chi connectivity index (χ0n) is 12.3. The Bertz CT molecular complexity index is 535. The lowest BCUT2D eigenvalue weighted by Crippen LogP contribution is -2.18. The predicted octanol–water partition coefficient (Wildman–Crippen LogP) is 2.22. The van der Waals surface area contributed by atoms with E-state index in [4.69, 9.17) is 4.74 Å². The van der Waals surface area contributed by atoms with E-state index >= 15 is 0 Å². The van der Waals surface area contributed by atoms with Gasteiger partial charge in [-0.15, -0.1) is 0 Å². The normalized spacial score (nSPS) is 9.86. The summed E-state index contributed by atoms with van der Waals surface area (Å²) in [6.07, 6.45) is 1.59. The summed E-state index contributed by atoms with van der Waals surface area (Å²) >= 11 is 0. The second kappa shape index (κ2) is 8.04. The highest BCUT2D eigenvalue weighted by molar-refractivity contribution is 6.10. The van der Waals surface area contributed by atoms with Gasteiger partial charge in [-0.3, -0.25) is 0 Å². The van der Waals surface area contributed by atoms with Gasteiger partial charge in [0.1, 0.15) is 0 Å². The van der Waals surface area contributed by atoms with E-state index in [9.17, 15) is 14.4 Å². The first-order chi connectivity index (χ1) is 10.1. The summed E-state index contributed by atoms with van der Waals surface area (Å²) in [5.74, 6) is -2.19. The molecule has 0 atom stereocenters. The average molecular weight is 294 g/mol. The molecule has 0 saturated heterocycles. The molecule has 0 saturated carbocycles. The summed E-state index contributed by atoms with van der Waals surface area (Å²) in [6.45, 7) is 2.21. The Morgan fingerprint density at radius 3 is 2.05 bits per heavy atom. The number of carbonyl (C=O) groups is 3. The third-order valence-electron chi connectivity index (χ3n) is 2.81. The highest BCUT2D eigenvalue weighted by Crippen LogP contribution is 2.18. The second-order valence-corrected chi connectivity index (χ2v) is 4.20. The lowest BCUT2D eigenvalue weighted by Gasteiger charge is -2.11. The maximum Gasteiger partial charge on any atom is 0.339 e. The number of hydrogen-bond donors (Lipinski definition) is 0. The van der Waals surface area contributed by atoms with Crippen LogP contribution < -0.4 is 0 Å². The number of methoxy groups -OCH3 is 2. The monoisotopic (exact) mass is 294 g/mol. The Hall–Kier alpha value is -2.37. The summed E-state index contributed by atoms with van der Waals surface area (Å²) in [6, 6.07) is 4.28. The van der Waals surface area contributed by atoms with Crippen molar-refractivity contribution in [2.75, 3.05) is 20.8 Å². The Morgan fingerprint density at radius 2 is 1.52 bits per heavy atom. The van der Waals surface area contributed by atoms with E-state index in [0.717, 1.165) is 12.8 Å².